The van der Waals surface area contributed by atoms with Crippen LogP contribution >= 0.6 is 0 Å². The van der Waals surface area contributed by atoms with E-state index in [1.54, 1.807) is 12.1 Å². The number of hydrogen-bond donors (Lipinski definition) is 3. The number of β-lactam (4-membered cyclic amide) rings is 1. The number of nitrogens with one attached hydrogen (secondary N) is 1. The molecule has 1 saturated heterocycles. The molecule has 1 heterocycles. The second-order valence-corrected chi connectivity index (χ2v) is 14.0. The van der Waals surface area contributed by atoms with Gasteiger partial charge in [-0.15, -0.1) is 0 Å². The van der Waals surface area contributed by atoms with Crippen molar-refractivity contribution in [2.75, 3.05) is 24.3 Å². The first-order chi connectivity index (χ1) is 21.7. The van der Waals surface area contributed by atoms with Gasteiger partial charge in [0.05, 0.1) is 24.3 Å². The predicted octanol–water partition coefficient (Wildman–Crippen LogP) is 6.40. The lowest BCUT2D eigenvalue weighted by molar-refractivity contribution is -0.131. The molecule has 45 heavy (non-hydrogen) atoms. The van der Waals surface area contributed by atoms with Gasteiger partial charge in [0.2, 0.25) is 15.9 Å². The van der Waals surface area contributed by atoms with Crippen LogP contribution in [0.2, 0.25) is 0 Å². The highest BCUT2D eigenvalue weighted by Crippen LogP contribution is 2.46. The largest absolute Gasteiger partial charge is 0.396 e. The van der Waals surface area contributed by atoms with Gasteiger partial charge in [-0.2, -0.15) is 0 Å². The first-order valence-corrected chi connectivity index (χ1v) is 18.1. The van der Waals surface area contributed by atoms with Crippen molar-refractivity contribution >= 4 is 21.6 Å². The molecule has 0 radical (unpaired) electrons. The van der Waals surface area contributed by atoms with Gasteiger partial charge in [0, 0.05) is 18.8 Å². The van der Waals surface area contributed by atoms with Gasteiger partial charge in [-0.1, -0.05) is 67.8 Å². The van der Waals surface area contributed by atoms with Crippen LogP contribution in [0.5, 0.6) is 0 Å². The molecule has 0 aromatic heterocycles. The standard InChI is InChI=1S/C36H47FN2O5S/c1-45(43,44)38-25-7-3-2-5-9-28-13-21-32(22-14-28)39-35(30-15-11-27(12-16-30)10-6-4-8-26-40)33(36(39)42)23-24-34(41)29-17-19-31(37)20-18-29/h11-22,33-35,38,40-41H,2-10,23-26H2,1H3/t33-,34+,35-/m1/s1. The molecule has 4 rings (SSSR count). The van der Waals surface area contributed by atoms with Gasteiger partial charge >= 0.3 is 0 Å². The number of hydrogen-bond acceptors (Lipinski definition) is 5. The zero-order valence-corrected chi connectivity index (χ0v) is 27.0. The first-order valence-electron chi connectivity index (χ1n) is 16.2. The van der Waals surface area contributed by atoms with E-state index in [0.29, 0.717) is 24.9 Å². The maximum atomic E-state index is 13.6. The van der Waals surface area contributed by atoms with Gasteiger partial charge in [-0.3, -0.25) is 4.79 Å². The minimum absolute atomic E-state index is 0.0369. The van der Waals surface area contributed by atoms with Crippen molar-refractivity contribution in [1.82, 2.24) is 4.72 Å². The van der Waals surface area contributed by atoms with Crippen LogP contribution in [-0.4, -0.2) is 43.9 Å². The number of halogens is 1. The Morgan fingerprint density at radius 2 is 1.40 bits per heavy atom. The quantitative estimate of drug-likeness (QED) is 0.104. The molecule has 3 aromatic carbocycles. The summed E-state index contributed by atoms with van der Waals surface area (Å²) in [4.78, 5) is 15.4. The number of aliphatic hydroxyl groups is 2. The fourth-order valence-corrected chi connectivity index (χ4v) is 6.59. The molecule has 1 amide bonds. The van der Waals surface area contributed by atoms with E-state index in [9.17, 15) is 22.7 Å². The summed E-state index contributed by atoms with van der Waals surface area (Å²) < 4.78 is 38.2. The Bertz CT molecular complexity index is 1450. The van der Waals surface area contributed by atoms with Crippen LogP contribution in [0.4, 0.5) is 10.1 Å². The fourth-order valence-electron chi connectivity index (χ4n) is 6.08. The molecule has 9 heteroatoms. The molecule has 0 spiro atoms. The molecular weight excluding hydrogens is 591 g/mol. The predicted molar refractivity (Wildman–Crippen MR) is 177 cm³/mol. The lowest BCUT2D eigenvalue weighted by atomic mass is 9.78. The number of benzene rings is 3. The number of sulfonamides is 1. The molecule has 1 fully saturated rings. The van der Waals surface area contributed by atoms with E-state index in [0.717, 1.165) is 69.0 Å². The number of amides is 1. The molecule has 1 aliphatic heterocycles. The van der Waals surface area contributed by atoms with Crippen molar-refractivity contribution in [2.24, 2.45) is 5.92 Å². The van der Waals surface area contributed by atoms with Crippen molar-refractivity contribution in [3.63, 3.8) is 0 Å². The zero-order chi connectivity index (χ0) is 32.2. The van der Waals surface area contributed by atoms with E-state index in [4.69, 9.17) is 5.11 Å². The van der Waals surface area contributed by atoms with Crippen LogP contribution in [0.15, 0.2) is 72.8 Å². The van der Waals surface area contributed by atoms with Crippen molar-refractivity contribution in [1.29, 1.82) is 0 Å². The molecular formula is C36H47FN2O5S. The summed E-state index contributed by atoms with van der Waals surface area (Å²) in [6.45, 7) is 0.688. The van der Waals surface area contributed by atoms with E-state index in [1.165, 1.54) is 29.5 Å². The number of carbonyl (C=O) groups excluding carboxylic acids is 1. The maximum Gasteiger partial charge on any atom is 0.233 e. The minimum atomic E-state index is -3.13. The molecule has 3 aromatic rings. The fraction of sp³-hybridized carbons (Fsp3) is 0.472. The summed E-state index contributed by atoms with van der Waals surface area (Å²) in [5.74, 6) is -0.583. The summed E-state index contributed by atoms with van der Waals surface area (Å²) in [5.41, 5.74) is 4.98. The Balaban J connectivity index is 1.39. The Morgan fingerprint density at radius 3 is 2.00 bits per heavy atom. The maximum absolute atomic E-state index is 13.6. The van der Waals surface area contributed by atoms with Gasteiger partial charge in [0.1, 0.15) is 5.82 Å². The SMILES string of the molecule is CS(=O)(=O)NCCCCCCc1ccc(N2C(=O)[C@H](CC[C@H](O)c3ccc(F)cc3)[C@H]2c2ccc(CCCCCO)cc2)cc1. The van der Waals surface area contributed by atoms with Gasteiger partial charge in [0.15, 0.2) is 0 Å². The van der Waals surface area contributed by atoms with E-state index < -0.39 is 16.1 Å². The molecule has 3 N–H and O–H groups in total. The van der Waals surface area contributed by atoms with E-state index in [1.807, 2.05) is 17.0 Å². The second kappa shape index (κ2) is 17.0. The van der Waals surface area contributed by atoms with Gasteiger partial charge in [-0.25, -0.2) is 17.5 Å². The average Bonchev–Trinajstić information content (AvgIpc) is 3.02. The summed E-state index contributed by atoms with van der Waals surface area (Å²) in [6, 6.07) is 22.3. The molecule has 244 valence electrons. The van der Waals surface area contributed by atoms with Crippen LogP contribution < -0.4 is 9.62 Å². The molecule has 1 aliphatic rings. The summed E-state index contributed by atoms with van der Waals surface area (Å²) >= 11 is 0. The highest BCUT2D eigenvalue weighted by Gasteiger charge is 2.48. The number of aliphatic hydroxyl groups excluding tert-OH is 2. The number of rotatable bonds is 19. The first kappa shape index (κ1) is 34.8. The number of unbranched alkanes of at least 4 members (excludes halogenated alkanes) is 5. The van der Waals surface area contributed by atoms with Crippen LogP contribution in [0.1, 0.15) is 92.2 Å². The normalized spacial score (nSPS) is 17.3. The van der Waals surface area contributed by atoms with Crippen LogP contribution in [0.3, 0.4) is 0 Å². The Morgan fingerprint density at radius 1 is 0.822 bits per heavy atom. The second-order valence-electron chi connectivity index (χ2n) is 12.2. The lowest BCUT2D eigenvalue weighted by Gasteiger charge is -2.48. The number of anilines is 1. The Hall–Kier alpha value is -3.11. The monoisotopic (exact) mass is 638 g/mol. The van der Waals surface area contributed by atoms with E-state index in [-0.39, 0.29) is 30.3 Å². The van der Waals surface area contributed by atoms with Crippen molar-refractivity contribution in [3.05, 3.63) is 101 Å². The van der Waals surface area contributed by atoms with Crippen LogP contribution in [-0.2, 0) is 27.7 Å². The molecule has 0 aliphatic carbocycles. The third-order valence-corrected chi connectivity index (χ3v) is 9.36. The van der Waals surface area contributed by atoms with E-state index >= 15 is 0 Å². The molecule has 0 saturated carbocycles. The Labute approximate surface area is 267 Å². The summed E-state index contributed by atoms with van der Waals surface area (Å²) in [5, 5.41) is 19.8. The van der Waals surface area contributed by atoms with Gasteiger partial charge in [0.25, 0.3) is 0 Å². The highest BCUT2D eigenvalue weighted by atomic mass is 32.2. The third kappa shape index (κ3) is 10.5. The van der Waals surface area contributed by atoms with Crippen LogP contribution in [0, 0.1) is 11.7 Å². The minimum Gasteiger partial charge on any atom is -0.396 e. The highest BCUT2D eigenvalue weighted by molar-refractivity contribution is 7.88. The summed E-state index contributed by atoms with van der Waals surface area (Å²) in [7, 11) is -3.13. The smallest absolute Gasteiger partial charge is 0.233 e. The Kier molecular flexibility index (Phi) is 13.1. The van der Waals surface area contributed by atoms with Crippen molar-refractivity contribution in [3.8, 4) is 0 Å². The van der Waals surface area contributed by atoms with Gasteiger partial charge < -0.3 is 15.1 Å². The third-order valence-electron chi connectivity index (χ3n) is 8.64. The average molecular weight is 639 g/mol. The topological polar surface area (TPSA) is 107 Å². The van der Waals surface area contributed by atoms with Gasteiger partial charge in [-0.05, 0) is 97.9 Å². The number of aryl methyl sites for hydroxylation is 2. The lowest BCUT2D eigenvalue weighted by Crippen LogP contribution is -2.55. The number of carbonyl (C=O) groups is 1. The molecule has 7 nitrogen and oxygen atoms in total. The van der Waals surface area contributed by atoms with Crippen molar-refractivity contribution in [2.45, 2.75) is 82.8 Å². The molecule has 3 atom stereocenters. The van der Waals surface area contributed by atoms with Crippen LogP contribution in [0.25, 0.3) is 0 Å². The van der Waals surface area contributed by atoms with E-state index in [2.05, 4.69) is 41.1 Å². The zero-order valence-electron chi connectivity index (χ0n) is 26.2. The number of nitrogens with zero attached hydrogens (tertiary/aromatic N) is 1. The molecule has 0 bridgehead atoms. The molecule has 0 unspecified atom stereocenters. The van der Waals surface area contributed by atoms with Crippen molar-refractivity contribution < 1.29 is 27.8 Å². The summed E-state index contributed by atoms with van der Waals surface area (Å²) in [6.07, 6.45) is 9.80.